The van der Waals surface area contributed by atoms with Gasteiger partial charge in [-0.05, 0) is 19.4 Å². The van der Waals surface area contributed by atoms with Crippen molar-refractivity contribution in [3.8, 4) is 0 Å². The van der Waals surface area contributed by atoms with Crippen LogP contribution in [0.5, 0.6) is 0 Å². The number of unbranched alkanes of at least 4 members (excludes halogenated alkanes) is 1. The summed E-state index contributed by atoms with van der Waals surface area (Å²) in [6.07, 6.45) is 1.59. The molecule has 6 heteroatoms. The van der Waals surface area contributed by atoms with Crippen LogP contribution in [-0.4, -0.2) is 41.3 Å². The highest BCUT2D eigenvalue weighted by atomic mass is 16.4. The Hall–Kier alpha value is -1.14. The summed E-state index contributed by atoms with van der Waals surface area (Å²) in [5.74, 6) is -1.61. The molecule has 0 spiro atoms. The van der Waals surface area contributed by atoms with Gasteiger partial charge < -0.3 is 21.3 Å². The maximum atomic E-state index is 11.1. The van der Waals surface area contributed by atoms with Gasteiger partial charge in [0.05, 0.1) is 6.61 Å². The van der Waals surface area contributed by atoms with E-state index in [1.807, 2.05) is 0 Å². The first-order valence-corrected chi connectivity index (χ1v) is 4.45. The fourth-order valence-corrected chi connectivity index (χ4v) is 0.882. The molecule has 0 aromatic rings. The van der Waals surface area contributed by atoms with Crippen LogP contribution in [0.3, 0.4) is 0 Å². The molecule has 1 amide bonds. The molecule has 0 aliphatic rings. The van der Waals surface area contributed by atoms with Crippen LogP contribution >= 0.6 is 0 Å². The number of hydrogen-bond donors (Lipinski definition) is 4. The zero-order valence-corrected chi connectivity index (χ0v) is 7.90. The van der Waals surface area contributed by atoms with E-state index in [2.05, 4.69) is 5.32 Å². The van der Waals surface area contributed by atoms with Gasteiger partial charge in [-0.3, -0.25) is 4.79 Å². The molecule has 1 atom stereocenters. The van der Waals surface area contributed by atoms with E-state index < -0.39 is 18.6 Å². The average Bonchev–Trinajstić information content (AvgIpc) is 2.14. The number of amides is 1. The third-order valence-corrected chi connectivity index (χ3v) is 1.67. The van der Waals surface area contributed by atoms with Crippen molar-refractivity contribution in [1.82, 2.24) is 5.32 Å². The van der Waals surface area contributed by atoms with Crippen molar-refractivity contribution < 1.29 is 19.8 Å². The molecule has 14 heavy (non-hydrogen) atoms. The lowest BCUT2D eigenvalue weighted by Crippen LogP contribution is -2.43. The standard InChI is InChI=1S/C8H16N2O4/c9-4-2-1-3-7(12)10-6(5-11)8(13)14/h6,11H,1-5,9H2,(H,10,12)(H,13,14)/t6-/m0/s1. The van der Waals surface area contributed by atoms with Crippen LogP contribution < -0.4 is 11.1 Å². The van der Waals surface area contributed by atoms with E-state index in [1.165, 1.54) is 0 Å². The highest BCUT2D eigenvalue weighted by Gasteiger charge is 2.17. The molecule has 0 aromatic carbocycles. The van der Waals surface area contributed by atoms with Gasteiger partial charge in [-0.25, -0.2) is 4.79 Å². The smallest absolute Gasteiger partial charge is 0.328 e. The summed E-state index contributed by atoms with van der Waals surface area (Å²) in [6, 6.07) is -1.21. The fourth-order valence-electron chi connectivity index (χ4n) is 0.882. The largest absolute Gasteiger partial charge is 0.480 e. The van der Waals surface area contributed by atoms with E-state index in [-0.39, 0.29) is 12.3 Å². The zero-order valence-electron chi connectivity index (χ0n) is 7.90. The minimum atomic E-state index is -1.24. The number of carbonyl (C=O) groups excluding carboxylic acids is 1. The van der Waals surface area contributed by atoms with Gasteiger partial charge in [0.15, 0.2) is 0 Å². The van der Waals surface area contributed by atoms with Gasteiger partial charge in [0.2, 0.25) is 5.91 Å². The summed E-state index contributed by atoms with van der Waals surface area (Å²) in [7, 11) is 0. The predicted octanol–water partition coefficient (Wildman–Crippen LogP) is -1.32. The van der Waals surface area contributed by atoms with E-state index in [1.54, 1.807) is 0 Å². The van der Waals surface area contributed by atoms with E-state index in [9.17, 15) is 9.59 Å². The molecule has 0 saturated carbocycles. The fraction of sp³-hybridized carbons (Fsp3) is 0.750. The summed E-state index contributed by atoms with van der Waals surface area (Å²) >= 11 is 0. The van der Waals surface area contributed by atoms with Crippen molar-refractivity contribution in [2.75, 3.05) is 13.2 Å². The van der Waals surface area contributed by atoms with Crippen LogP contribution in [0.2, 0.25) is 0 Å². The first-order chi connectivity index (χ1) is 6.61. The van der Waals surface area contributed by atoms with Crippen molar-refractivity contribution in [3.63, 3.8) is 0 Å². The molecule has 0 aliphatic carbocycles. The van der Waals surface area contributed by atoms with E-state index >= 15 is 0 Å². The number of aliphatic hydroxyl groups excluding tert-OH is 1. The minimum absolute atomic E-state index is 0.237. The lowest BCUT2D eigenvalue weighted by atomic mass is 10.2. The Morgan fingerprint density at radius 1 is 1.36 bits per heavy atom. The molecule has 0 saturated heterocycles. The van der Waals surface area contributed by atoms with Gasteiger partial charge in [-0.1, -0.05) is 0 Å². The molecular weight excluding hydrogens is 188 g/mol. The summed E-state index contributed by atoms with van der Waals surface area (Å²) in [6.45, 7) is -0.0897. The van der Waals surface area contributed by atoms with Gasteiger partial charge in [0, 0.05) is 6.42 Å². The Morgan fingerprint density at radius 3 is 2.43 bits per heavy atom. The topological polar surface area (TPSA) is 113 Å². The molecule has 5 N–H and O–H groups in total. The van der Waals surface area contributed by atoms with E-state index in [4.69, 9.17) is 15.9 Å². The zero-order chi connectivity index (χ0) is 11.0. The van der Waals surface area contributed by atoms with Crippen molar-refractivity contribution in [1.29, 1.82) is 0 Å². The van der Waals surface area contributed by atoms with Crippen LogP contribution in [0.4, 0.5) is 0 Å². The number of carbonyl (C=O) groups is 2. The van der Waals surface area contributed by atoms with Crippen molar-refractivity contribution in [3.05, 3.63) is 0 Å². The first kappa shape index (κ1) is 12.9. The molecule has 0 aliphatic heterocycles. The summed E-state index contributed by atoms with van der Waals surface area (Å²) < 4.78 is 0. The van der Waals surface area contributed by atoms with Gasteiger partial charge in [-0.15, -0.1) is 0 Å². The number of rotatable bonds is 7. The molecule has 0 aromatic heterocycles. The summed E-state index contributed by atoms with van der Waals surface area (Å²) in [5.41, 5.74) is 5.22. The Morgan fingerprint density at radius 2 is 2.00 bits per heavy atom. The maximum Gasteiger partial charge on any atom is 0.328 e. The molecule has 0 fully saturated rings. The van der Waals surface area contributed by atoms with Crippen LogP contribution in [0, 0.1) is 0 Å². The average molecular weight is 204 g/mol. The molecule has 6 nitrogen and oxygen atoms in total. The Kier molecular flexibility index (Phi) is 6.69. The third-order valence-electron chi connectivity index (χ3n) is 1.67. The van der Waals surface area contributed by atoms with Crippen molar-refractivity contribution >= 4 is 11.9 Å². The Balaban J connectivity index is 3.74. The molecule has 0 bridgehead atoms. The second-order valence-corrected chi connectivity index (χ2v) is 2.89. The second-order valence-electron chi connectivity index (χ2n) is 2.89. The Labute approximate surface area is 82.1 Å². The van der Waals surface area contributed by atoms with Crippen LogP contribution in [0.15, 0.2) is 0 Å². The van der Waals surface area contributed by atoms with Crippen LogP contribution in [0.25, 0.3) is 0 Å². The van der Waals surface area contributed by atoms with Gasteiger partial charge >= 0.3 is 5.97 Å². The lowest BCUT2D eigenvalue weighted by molar-refractivity contribution is -0.142. The third kappa shape index (κ3) is 5.50. The van der Waals surface area contributed by atoms with Crippen molar-refractivity contribution in [2.24, 2.45) is 5.73 Å². The number of carboxylic acid groups (broad SMARTS) is 1. The predicted molar refractivity (Wildman–Crippen MR) is 49.6 cm³/mol. The van der Waals surface area contributed by atoms with Crippen LogP contribution in [0.1, 0.15) is 19.3 Å². The minimum Gasteiger partial charge on any atom is -0.480 e. The number of hydrogen-bond acceptors (Lipinski definition) is 4. The molecular formula is C8H16N2O4. The monoisotopic (exact) mass is 204 g/mol. The van der Waals surface area contributed by atoms with Gasteiger partial charge in [0.25, 0.3) is 0 Å². The lowest BCUT2D eigenvalue weighted by Gasteiger charge is -2.10. The normalized spacial score (nSPS) is 12.1. The molecule has 0 radical (unpaired) electrons. The van der Waals surface area contributed by atoms with E-state index in [0.29, 0.717) is 13.0 Å². The Bertz CT molecular complexity index is 196. The molecule has 82 valence electrons. The maximum absolute atomic E-state index is 11.1. The highest BCUT2D eigenvalue weighted by Crippen LogP contribution is 1.94. The molecule has 0 heterocycles. The number of carboxylic acids is 1. The first-order valence-electron chi connectivity index (χ1n) is 4.45. The highest BCUT2D eigenvalue weighted by molar-refractivity contribution is 5.83. The van der Waals surface area contributed by atoms with E-state index in [0.717, 1.165) is 6.42 Å². The summed E-state index contributed by atoms with van der Waals surface area (Å²) in [5, 5.41) is 19.3. The SMILES string of the molecule is NCCCCC(=O)N[C@@H](CO)C(=O)O. The second kappa shape index (κ2) is 7.28. The number of aliphatic carboxylic acids is 1. The quantitative estimate of drug-likeness (QED) is 0.384. The number of nitrogens with one attached hydrogen (secondary N) is 1. The van der Waals surface area contributed by atoms with Crippen molar-refractivity contribution in [2.45, 2.75) is 25.3 Å². The van der Waals surface area contributed by atoms with Gasteiger partial charge in [-0.2, -0.15) is 0 Å². The molecule has 0 unspecified atom stereocenters. The number of nitrogens with two attached hydrogens (primary N) is 1. The summed E-state index contributed by atoms with van der Waals surface area (Å²) in [4.78, 5) is 21.5. The van der Waals surface area contributed by atoms with Gasteiger partial charge in [0.1, 0.15) is 6.04 Å². The number of aliphatic hydroxyl groups is 1. The molecule has 0 rings (SSSR count). The van der Waals surface area contributed by atoms with Crippen LogP contribution in [-0.2, 0) is 9.59 Å².